The largest absolute Gasteiger partial charge is 0.445 e. The van der Waals surface area contributed by atoms with Crippen LogP contribution in [0.2, 0.25) is 0 Å². The van der Waals surface area contributed by atoms with Crippen LogP contribution >= 0.6 is 0 Å². The highest BCUT2D eigenvalue weighted by atomic mass is 16.6. The molecule has 1 heterocycles. The fourth-order valence-corrected chi connectivity index (χ4v) is 2.12. The molecule has 0 saturated carbocycles. The van der Waals surface area contributed by atoms with E-state index >= 15 is 0 Å². The van der Waals surface area contributed by atoms with Crippen molar-refractivity contribution in [1.29, 1.82) is 0 Å². The van der Waals surface area contributed by atoms with Gasteiger partial charge in [-0.25, -0.2) is 4.79 Å². The summed E-state index contributed by atoms with van der Waals surface area (Å²) < 4.78 is 5.35. The molecule has 1 aliphatic rings. The molecule has 0 bridgehead atoms. The molecule has 1 aromatic carbocycles. The Labute approximate surface area is 108 Å². The van der Waals surface area contributed by atoms with Crippen molar-refractivity contribution in [1.82, 2.24) is 10.2 Å². The molecule has 18 heavy (non-hydrogen) atoms. The summed E-state index contributed by atoms with van der Waals surface area (Å²) in [6, 6.07) is 10.2. The first kappa shape index (κ1) is 12.9. The van der Waals surface area contributed by atoms with Crippen LogP contribution in [0.15, 0.2) is 30.3 Å². The van der Waals surface area contributed by atoms with E-state index in [0.29, 0.717) is 19.2 Å². The summed E-state index contributed by atoms with van der Waals surface area (Å²) in [6.45, 7) is 6.00. The number of benzene rings is 1. The van der Waals surface area contributed by atoms with Crippen LogP contribution in [0.25, 0.3) is 0 Å². The smallest absolute Gasteiger partial charge is 0.410 e. The van der Waals surface area contributed by atoms with Crippen LogP contribution in [-0.4, -0.2) is 36.2 Å². The molecule has 1 saturated heterocycles. The van der Waals surface area contributed by atoms with Gasteiger partial charge in [0.2, 0.25) is 0 Å². The standard InChI is InChI=1S/C14H20N2O2/c1-11-12(2)16(9-8-15-11)14(17)18-10-13-6-4-3-5-7-13/h3-7,11-12,15H,8-10H2,1-2H3. The number of piperazine rings is 1. The summed E-state index contributed by atoms with van der Waals surface area (Å²) in [6.07, 6.45) is -0.222. The van der Waals surface area contributed by atoms with Gasteiger partial charge in [-0.2, -0.15) is 0 Å². The Morgan fingerprint density at radius 3 is 2.83 bits per heavy atom. The van der Waals surface area contributed by atoms with E-state index in [1.807, 2.05) is 37.3 Å². The second-order valence-corrected chi connectivity index (χ2v) is 4.72. The summed E-state index contributed by atoms with van der Waals surface area (Å²) >= 11 is 0. The third-order valence-corrected chi connectivity index (χ3v) is 3.47. The molecule has 0 aliphatic carbocycles. The Morgan fingerprint density at radius 2 is 2.11 bits per heavy atom. The second kappa shape index (κ2) is 5.87. The Balaban J connectivity index is 1.88. The molecule has 1 aliphatic heterocycles. The first-order chi connectivity index (χ1) is 8.68. The van der Waals surface area contributed by atoms with Crippen LogP contribution in [0, 0.1) is 0 Å². The predicted molar refractivity (Wildman–Crippen MR) is 70.3 cm³/mol. The van der Waals surface area contributed by atoms with Gasteiger partial charge in [-0.1, -0.05) is 30.3 Å². The fraction of sp³-hybridized carbons (Fsp3) is 0.500. The molecule has 0 radical (unpaired) electrons. The van der Waals surface area contributed by atoms with E-state index in [1.165, 1.54) is 0 Å². The number of amides is 1. The van der Waals surface area contributed by atoms with Crippen LogP contribution in [-0.2, 0) is 11.3 Å². The average molecular weight is 248 g/mol. The van der Waals surface area contributed by atoms with E-state index < -0.39 is 0 Å². The molecule has 4 heteroatoms. The summed E-state index contributed by atoms with van der Waals surface area (Å²) in [4.78, 5) is 13.8. The molecule has 0 spiro atoms. The number of carbonyl (C=O) groups excluding carboxylic acids is 1. The van der Waals surface area contributed by atoms with Crippen LogP contribution in [0.1, 0.15) is 19.4 Å². The zero-order valence-electron chi connectivity index (χ0n) is 10.9. The normalized spacial score (nSPS) is 23.8. The van der Waals surface area contributed by atoms with Gasteiger partial charge in [-0.3, -0.25) is 0 Å². The van der Waals surface area contributed by atoms with E-state index in [4.69, 9.17) is 4.74 Å². The highest BCUT2D eigenvalue weighted by Crippen LogP contribution is 2.11. The third kappa shape index (κ3) is 3.01. The van der Waals surface area contributed by atoms with Crippen molar-refractivity contribution in [2.75, 3.05) is 13.1 Å². The number of rotatable bonds is 2. The van der Waals surface area contributed by atoms with Crippen LogP contribution in [0.4, 0.5) is 4.79 Å². The number of ether oxygens (including phenoxy) is 1. The predicted octanol–water partition coefficient (Wildman–Crippen LogP) is 2.01. The minimum Gasteiger partial charge on any atom is -0.445 e. The third-order valence-electron chi connectivity index (χ3n) is 3.47. The Morgan fingerprint density at radius 1 is 1.39 bits per heavy atom. The molecule has 1 aromatic rings. The van der Waals surface area contributed by atoms with Crippen molar-refractivity contribution in [3.63, 3.8) is 0 Å². The van der Waals surface area contributed by atoms with Gasteiger partial charge in [0.1, 0.15) is 6.61 Å². The maximum atomic E-state index is 12.0. The molecule has 2 rings (SSSR count). The minimum atomic E-state index is -0.222. The van der Waals surface area contributed by atoms with Crippen LogP contribution in [0.3, 0.4) is 0 Å². The monoisotopic (exact) mass is 248 g/mol. The average Bonchev–Trinajstić information content (AvgIpc) is 2.40. The second-order valence-electron chi connectivity index (χ2n) is 4.72. The molecule has 4 nitrogen and oxygen atoms in total. The van der Waals surface area contributed by atoms with Crippen LogP contribution < -0.4 is 5.32 Å². The lowest BCUT2D eigenvalue weighted by molar-refractivity contribution is 0.0662. The number of nitrogens with zero attached hydrogens (tertiary/aromatic N) is 1. The van der Waals surface area contributed by atoms with Crippen molar-refractivity contribution >= 4 is 6.09 Å². The summed E-state index contributed by atoms with van der Waals surface area (Å²) in [5.41, 5.74) is 1.02. The highest BCUT2D eigenvalue weighted by Gasteiger charge is 2.28. The van der Waals surface area contributed by atoms with Gasteiger partial charge < -0.3 is 15.0 Å². The fourth-order valence-electron chi connectivity index (χ4n) is 2.12. The number of nitrogens with one attached hydrogen (secondary N) is 1. The first-order valence-electron chi connectivity index (χ1n) is 6.39. The lowest BCUT2D eigenvalue weighted by Gasteiger charge is -2.37. The maximum absolute atomic E-state index is 12.0. The molecule has 1 amide bonds. The van der Waals surface area contributed by atoms with Gasteiger partial charge in [0.05, 0.1) is 0 Å². The Hall–Kier alpha value is -1.55. The van der Waals surface area contributed by atoms with Gasteiger partial charge in [-0.05, 0) is 19.4 Å². The number of hydrogen-bond acceptors (Lipinski definition) is 3. The minimum absolute atomic E-state index is 0.169. The first-order valence-corrected chi connectivity index (χ1v) is 6.39. The van der Waals surface area contributed by atoms with E-state index in [2.05, 4.69) is 12.2 Å². The van der Waals surface area contributed by atoms with E-state index in [9.17, 15) is 4.79 Å². The zero-order valence-corrected chi connectivity index (χ0v) is 10.9. The van der Waals surface area contributed by atoms with Crippen molar-refractivity contribution in [2.24, 2.45) is 0 Å². The zero-order chi connectivity index (χ0) is 13.0. The maximum Gasteiger partial charge on any atom is 0.410 e. The Kier molecular flexibility index (Phi) is 4.20. The van der Waals surface area contributed by atoms with Crippen LogP contribution in [0.5, 0.6) is 0 Å². The van der Waals surface area contributed by atoms with Gasteiger partial charge in [0.15, 0.2) is 0 Å². The molecule has 1 fully saturated rings. The van der Waals surface area contributed by atoms with E-state index in [1.54, 1.807) is 4.90 Å². The number of carbonyl (C=O) groups is 1. The van der Waals surface area contributed by atoms with Crippen molar-refractivity contribution in [2.45, 2.75) is 32.5 Å². The highest BCUT2D eigenvalue weighted by molar-refractivity contribution is 5.68. The van der Waals surface area contributed by atoms with Gasteiger partial charge in [0.25, 0.3) is 0 Å². The van der Waals surface area contributed by atoms with Gasteiger partial charge in [0, 0.05) is 25.2 Å². The molecule has 0 aromatic heterocycles. The van der Waals surface area contributed by atoms with Gasteiger partial charge in [-0.15, -0.1) is 0 Å². The SMILES string of the molecule is CC1NCCN(C(=O)OCc2ccccc2)C1C. The van der Waals surface area contributed by atoms with Gasteiger partial charge >= 0.3 is 6.09 Å². The summed E-state index contributed by atoms with van der Waals surface area (Å²) in [7, 11) is 0. The van der Waals surface area contributed by atoms with E-state index in [0.717, 1.165) is 12.1 Å². The molecule has 2 unspecified atom stereocenters. The summed E-state index contributed by atoms with van der Waals surface area (Å²) in [5, 5.41) is 3.34. The molecular formula is C14H20N2O2. The van der Waals surface area contributed by atoms with Crippen molar-refractivity contribution < 1.29 is 9.53 Å². The van der Waals surface area contributed by atoms with Crippen molar-refractivity contribution in [3.05, 3.63) is 35.9 Å². The topological polar surface area (TPSA) is 41.6 Å². The van der Waals surface area contributed by atoms with E-state index in [-0.39, 0.29) is 12.1 Å². The molecule has 1 N–H and O–H groups in total. The summed E-state index contributed by atoms with van der Waals surface area (Å²) in [5.74, 6) is 0. The quantitative estimate of drug-likeness (QED) is 0.870. The van der Waals surface area contributed by atoms with Crippen molar-refractivity contribution in [3.8, 4) is 0 Å². The number of hydrogen-bond donors (Lipinski definition) is 1. The lowest BCUT2D eigenvalue weighted by atomic mass is 10.1. The Bertz CT molecular complexity index is 394. The lowest BCUT2D eigenvalue weighted by Crippen LogP contribution is -2.57. The molecular weight excluding hydrogens is 228 g/mol. The molecule has 98 valence electrons. The molecule has 2 atom stereocenters.